The molecule has 0 aromatic carbocycles. The van der Waals surface area contributed by atoms with Crippen molar-refractivity contribution in [1.82, 2.24) is 0 Å². The zero-order valence-corrected chi connectivity index (χ0v) is 60.4. The maximum Gasteiger partial charge on any atom is 0.333 e. The van der Waals surface area contributed by atoms with Crippen LogP contribution < -0.4 is 0 Å². The monoisotopic (exact) mass is 1350 g/mol. The van der Waals surface area contributed by atoms with Crippen LogP contribution in [0.1, 0.15) is 261 Å². The van der Waals surface area contributed by atoms with Gasteiger partial charge in [-0.2, -0.15) is 23.5 Å². The second-order valence-corrected chi connectivity index (χ2v) is 30.2. The van der Waals surface area contributed by atoms with E-state index in [0.29, 0.717) is 49.1 Å². The Morgan fingerprint density at radius 1 is 0.389 bits per heavy atom. The number of carbonyl (C=O) groups is 6. The van der Waals surface area contributed by atoms with E-state index in [4.69, 9.17) is 47.3 Å². The number of ether oxygens (including phenoxy) is 6. The predicted molar refractivity (Wildman–Crippen MR) is 367 cm³/mol. The summed E-state index contributed by atoms with van der Waals surface area (Å²) >= 11 is 3.85. The van der Waals surface area contributed by atoms with Gasteiger partial charge >= 0.3 is 51.0 Å². The first-order chi connectivity index (χ1) is 42.8. The van der Waals surface area contributed by atoms with Gasteiger partial charge in [0.15, 0.2) is 12.2 Å². The lowest BCUT2D eigenvalue weighted by Crippen LogP contribution is -2.31. The van der Waals surface area contributed by atoms with Gasteiger partial charge in [0.1, 0.15) is 26.4 Å². The van der Waals surface area contributed by atoms with Gasteiger partial charge in [0.25, 0.3) is 0 Å². The van der Waals surface area contributed by atoms with E-state index in [0.717, 1.165) is 88.6 Å². The third kappa shape index (κ3) is 56.3. The summed E-state index contributed by atoms with van der Waals surface area (Å²) in [5.74, 6) is -1.57. The SMILES string of the molecule is C=C(C)C(=O)OCC(COC(=O)C(=C)C)OC(=O)CCCCCCCC(CCCCCCCCC)SCCCP(=O)(O)O.C=C(C)C(=O)OCC(COC(=O)C(=C)C)OC(=O)CCCCCCCC(CCCCCCCCC)SCCCP(=O)(OCC)OCC. The number of hydrogen-bond donors (Lipinski definition) is 2. The summed E-state index contributed by atoms with van der Waals surface area (Å²) in [5.41, 5.74) is 0.879. The van der Waals surface area contributed by atoms with Crippen LogP contribution in [-0.4, -0.2) is 132 Å². The zero-order chi connectivity index (χ0) is 67.9. The summed E-state index contributed by atoms with van der Waals surface area (Å²) in [5, 5.41) is 1.10. The van der Waals surface area contributed by atoms with Crippen molar-refractivity contribution in [2.45, 2.75) is 284 Å². The first-order valence-electron chi connectivity index (χ1n) is 33.7. The molecule has 22 heteroatoms. The van der Waals surface area contributed by atoms with Gasteiger partial charge in [0.2, 0.25) is 0 Å². The van der Waals surface area contributed by atoms with Crippen molar-refractivity contribution in [2.75, 3.05) is 63.5 Å². The Morgan fingerprint density at radius 3 is 0.922 bits per heavy atom. The molecule has 0 radical (unpaired) electrons. The molecule has 90 heavy (non-hydrogen) atoms. The van der Waals surface area contributed by atoms with Crippen molar-refractivity contribution in [3.63, 3.8) is 0 Å². The molecule has 524 valence electrons. The van der Waals surface area contributed by atoms with E-state index in [1.165, 1.54) is 124 Å². The lowest BCUT2D eigenvalue weighted by atomic mass is 10.0. The third-order valence-corrected chi connectivity index (χ3v) is 20.2. The van der Waals surface area contributed by atoms with E-state index < -0.39 is 63.2 Å². The molecule has 18 nitrogen and oxygen atoms in total. The van der Waals surface area contributed by atoms with Crippen LogP contribution in [0.5, 0.6) is 0 Å². The molecule has 0 spiro atoms. The van der Waals surface area contributed by atoms with Crippen molar-refractivity contribution in [3.05, 3.63) is 48.6 Å². The fourth-order valence-electron chi connectivity index (χ4n) is 9.10. The van der Waals surface area contributed by atoms with Crippen LogP contribution >= 0.6 is 38.7 Å². The lowest BCUT2D eigenvalue weighted by Gasteiger charge is -2.19. The fraction of sp³-hybridized carbons (Fsp3) is 0.794. The molecule has 0 aliphatic heterocycles. The summed E-state index contributed by atoms with van der Waals surface area (Å²) in [6, 6.07) is 0. The Balaban J connectivity index is 0. The van der Waals surface area contributed by atoms with Gasteiger partial charge in [-0.15, -0.1) is 0 Å². The molecular formula is C68H122O18P2S2. The Kier molecular flexibility index (Phi) is 57.6. The highest BCUT2D eigenvalue weighted by molar-refractivity contribution is 8.00. The molecule has 2 N–H and O–H groups in total. The van der Waals surface area contributed by atoms with Gasteiger partial charge in [-0.25, -0.2) is 19.2 Å². The summed E-state index contributed by atoms with van der Waals surface area (Å²) in [7, 11) is -6.92. The van der Waals surface area contributed by atoms with Crippen LogP contribution in [0.25, 0.3) is 0 Å². The minimum Gasteiger partial charge on any atom is -0.458 e. The maximum absolute atomic E-state index is 12.8. The molecule has 0 rings (SSSR count). The first-order valence-corrected chi connectivity index (χ1v) is 39.3. The number of rotatable bonds is 60. The highest BCUT2D eigenvalue weighted by Gasteiger charge is 2.25. The van der Waals surface area contributed by atoms with Crippen LogP contribution in [0, 0.1) is 0 Å². The molecular weight excluding hydrogens is 1230 g/mol. The van der Waals surface area contributed by atoms with Crippen LogP contribution in [0.2, 0.25) is 0 Å². The lowest BCUT2D eigenvalue weighted by molar-refractivity contribution is -0.164. The van der Waals surface area contributed by atoms with E-state index in [1.54, 1.807) is 0 Å². The molecule has 0 aliphatic carbocycles. The number of unbranched alkanes of at least 4 members (excludes halogenated alkanes) is 20. The van der Waals surface area contributed by atoms with E-state index in [1.807, 2.05) is 37.4 Å². The van der Waals surface area contributed by atoms with Gasteiger partial charge in [-0.1, -0.05) is 181 Å². The standard InChI is InChI=1S/C36H65O9PS.C32H57O9PS/c1-8-11-12-13-14-16-19-23-33(47-27-22-26-46(40,43-9-2)44-10-3)24-20-17-15-18-21-25-34(37)45-32(28-41-35(38)30(4)5)29-42-36(39)31(6)7;1-6-7-8-9-10-12-15-19-29(43-23-18-22-42(36,37)38)20-16-13-11-14-17-21-30(33)41-28(24-39-31(34)26(2)3)25-40-32(35)27(4)5/h32-33H,4,6,8-29H2,1-3,5,7H3;28-29H,2,4,6-25H2,1,3,5H3,(H2,36,37,38). The third-order valence-electron chi connectivity index (χ3n) is 14.2. The van der Waals surface area contributed by atoms with Gasteiger partial charge in [-0.05, 0) is 104 Å². The molecule has 0 aliphatic rings. The summed E-state index contributed by atoms with van der Waals surface area (Å²) in [6.07, 6.45) is 32.6. The molecule has 0 bridgehead atoms. The van der Waals surface area contributed by atoms with Gasteiger partial charge in [-0.3, -0.25) is 18.7 Å². The summed E-state index contributed by atoms with van der Waals surface area (Å²) < 4.78 is 66.1. The van der Waals surface area contributed by atoms with Crippen molar-refractivity contribution >= 4 is 74.5 Å². The smallest absolute Gasteiger partial charge is 0.333 e. The Hall–Kier alpha value is -3.22. The van der Waals surface area contributed by atoms with Gasteiger partial charge < -0.3 is 47.3 Å². The molecule has 0 aromatic rings. The molecule has 0 saturated carbocycles. The Morgan fingerprint density at radius 2 is 0.656 bits per heavy atom. The molecule has 2 unspecified atom stereocenters. The second-order valence-electron chi connectivity index (χ2n) is 23.4. The van der Waals surface area contributed by atoms with Crippen LogP contribution in [0.3, 0.4) is 0 Å². The highest BCUT2D eigenvalue weighted by atomic mass is 32.2. The van der Waals surface area contributed by atoms with E-state index in [-0.39, 0.29) is 67.7 Å². The highest BCUT2D eigenvalue weighted by Crippen LogP contribution is 2.49. The quantitative estimate of drug-likeness (QED) is 0.0189. The van der Waals surface area contributed by atoms with Crippen molar-refractivity contribution in [3.8, 4) is 0 Å². The molecule has 0 aromatic heterocycles. The molecule has 0 fully saturated rings. The van der Waals surface area contributed by atoms with Crippen LogP contribution in [-0.2, 0) is 75.4 Å². The van der Waals surface area contributed by atoms with Crippen LogP contribution in [0.15, 0.2) is 48.6 Å². The van der Waals surface area contributed by atoms with Crippen molar-refractivity contribution < 1.29 is 85.2 Å². The summed E-state index contributed by atoms with van der Waals surface area (Å²) in [6.45, 7) is 28.2. The Labute approximate surface area is 552 Å². The second kappa shape index (κ2) is 58.4. The number of esters is 6. The largest absolute Gasteiger partial charge is 0.458 e. The maximum atomic E-state index is 12.8. The fourth-order valence-corrected chi connectivity index (χ4v) is 14.4. The summed E-state index contributed by atoms with van der Waals surface area (Å²) in [4.78, 5) is 90.1. The topological polar surface area (TPSA) is 251 Å². The number of carbonyl (C=O) groups excluding carboxylic acids is 6. The first kappa shape index (κ1) is 88.8. The molecule has 0 heterocycles. The Bertz CT molecular complexity index is 2030. The van der Waals surface area contributed by atoms with E-state index in [9.17, 15) is 37.9 Å². The van der Waals surface area contributed by atoms with Gasteiger partial charge in [0, 0.05) is 45.6 Å². The predicted octanol–water partition coefficient (Wildman–Crippen LogP) is 17.4. The molecule has 2 atom stereocenters. The minimum absolute atomic E-state index is 0.0490. The number of hydrogen-bond acceptors (Lipinski definition) is 18. The molecule has 0 saturated heterocycles. The van der Waals surface area contributed by atoms with E-state index in [2.05, 4.69) is 40.2 Å². The number of thioether (sulfide) groups is 2. The average Bonchev–Trinajstić information content (AvgIpc) is 3.62. The van der Waals surface area contributed by atoms with Crippen LogP contribution in [0.4, 0.5) is 0 Å². The average molecular weight is 1350 g/mol. The van der Waals surface area contributed by atoms with Gasteiger partial charge in [0.05, 0.1) is 25.5 Å². The van der Waals surface area contributed by atoms with E-state index >= 15 is 0 Å². The normalized spacial score (nSPS) is 12.1. The van der Waals surface area contributed by atoms with Crippen molar-refractivity contribution in [1.29, 1.82) is 0 Å². The van der Waals surface area contributed by atoms with Crippen molar-refractivity contribution in [2.24, 2.45) is 0 Å². The zero-order valence-electron chi connectivity index (χ0n) is 57.0. The molecule has 0 amide bonds. The minimum atomic E-state index is -3.93.